The Morgan fingerprint density at radius 2 is 2.38 bits per heavy atom. The van der Waals surface area contributed by atoms with Gasteiger partial charge in [-0.25, -0.2) is 0 Å². The molecule has 0 aliphatic heterocycles. The van der Waals surface area contributed by atoms with Gasteiger partial charge in [-0.1, -0.05) is 18.5 Å². The molecule has 1 saturated carbocycles. The molecule has 4 nitrogen and oxygen atoms in total. The zero-order valence-corrected chi connectivity index (χ0v) is 7.73. The van der Waals surface area contributed by atoms with Gasteiger partial charge in [-0.05, 0) is 19.3 Å². The number of hydrogen-bond donors (Lipinski definition) is 1. The van der Waals surface area contributed by atoms with Crippen LogP contribution in [0.5, 0.6) is 0 Å². The third kappa shape index (κ3) is 1.58. The lowest BCUT2D eigenvalue weighted by Crippen LogP contribution is -2.09. The van der Waals surface area contributed by atoms with E-state index in [0.29, 0.717) is 24.1 Å². The monoisotopic (exact) mass is 182 g/mol. The zero-order valence-electron chi connectivity index (χ0n) is 7.73. The van der Waals surface area contributed by atoms with E-state index >= 15 is 0 Å². The third-order valence-electron chi connectivity index (χ3n) is 2.60. The maximum absolute atomic E-state index is 9.43. The van der Waals surface area contributed by atoms with Crippen LogP contribution in [-0.2, 0) is 0 Å². The Bertz CT molecular complexity index is 262. The van der Waals surface area contributed by atoms with Crippen molar-refractivity contribution in [3.05, 3.63) is 11.7 Å². The number of aromatic nitrogens is 2. The SMILES string of the molecule is CCC(O)c1noc(C2CCC2)n1. The van der Waals surface area contributed by atoms with Crippen molar-refractivity contribution in [1.29, 1.82) is 0 Å². The van der Waals surface area contributed by atoms with Crippen LogP contribution in [0.15, 0.2) is 4.52 Å². The minimum atomic E-state index is -0.572. The van der Waals surface area contributed by atoms with Gasteiger partial charge in [0, 0.05) is 5.92 Å². The highest BCUT2D eigenvalue weighted by Crippen LogP contribution is 2.35. The molecule has 72 valence electrons. The van der Waals surface area contributed by atoms with Crippen molar-refractivity contribution in [3.8, 4) is 0 Å². The molecule has 2 rings (SSSR count). The quantitative estimate of drug-likeness (QED) is 0.774. The lowest BCUT2D eigenvalue weighted by atomic mass is 9.85. The second kappa shape index (κ2) is 3.46. The molecule has 1 N–H and O–H groups in total. The van der Waals surface area contributed by atoms with E-state index in [4.69, 9.17) is 4.52 Å². The predicted octanol–water partition coefficient (Wildman–Crippen LogP) is 1.78. The first-order valence-electron chi connectivity index (χ1n) is 4.82. The fourth-order valence-corrected chi connectivity index (χ4v) is 1.39. The molecule has 1 heterocycles. The molecule has 13 heavy (non-hydrogen) atoms. The summed E-state index contributed by atoms with van der Waals surface area (Å²) in [6, 6.07) is 0. The summed E-state index contributed by atoms with van der Waals surface area (Å²) >= 11 is 0. The fourth-order valence-electron chi connectivity index (χ4n) is 1.39. The molecule has 1 atom stereocenters. The van der Waals surface area contributed by atoms with Crippen LogP contribution in [0.2, 0.25) is 0 Å². The van der Waals surface area contributed by atoms with E-state index in [0.717, 1.165) is 12.8 Å². The maximum atomic E-state index is 9.43. The second-order valence-electron chi connectivity index (χ2n) is 3.54. The van der Waals surface area contributed by atoms with Crippen molar-refractivity contribution in [2.45, 2.75) is 44.6 Å². The van der Waals surface area contributed by atoms with Crippen LogP contribution in [0.4, 0.5) is 0 Å². The minimum Gasteiger partial charge on any atom is -0.385 e. The Balaban J connectivity index is 2.08. The smallest absolute Gasteiger partial charge is 0.229 e. The van der Waals surface area contributed by atoms with Gasteiger partial charge in [0.25, 0.3) is 0 Å². The molecular weight excluding hydrogens is 168 g/mol. The van der Waals surface area contributed by atoms with Crippen molar-refractivity contribution in [3.63, 3.8) is 0 Å². The summed E-state index contributed by atoms with van der Waals surface area (Å²) in [5.41, 5.74) is 0. The van der Waals surface area contributed by atoms with Gasteiger partial charge in [-0.3, -0.25) is 0 Å². The van der Waals surface area contributed by atoms with Crippen molar-refractivity contribution in [2.75, 3.05) is 0 Å². The minimum absolute atomic E-state index is 0.435. The van der Waals surface area contributed by atoms with Gasteiger partial charge in [0.05, 0.1) is 0 Å². The van der Waals surface area contributed by atoms with Crippen LogP contribution in [0, 0.1) is 0 Å². The maximum Gasteiger partial charge on any atom is 0.229 e. The van der Waals surface area contributed by atoms with Gasteiger partial charge in [0.2, 0.25) is 5.89 Å². The highest BCUT2D eigenvalue weighted by molar-refractivity contribution is 4.99. The summed E-state index contributed by atoms with van der Waals surface area (Å²) in [6.07, 6.45) is 3.59. The first-order chi connectivity index (χ1) is 6.31. The first-order valence-corrected chi connectivity index (χ1v) is 4.82. The summed E-state index contributed by atoms with van der Waals surface area (Å²) in [7, 11) is 0. The second-order valence-corrected chi connectivity index (χ2v) is 3.54. The Labute approximate surface area is 77.0 Å². The molecule has 0 radical (unpaired) electrons. The highest BCUT2D eigenvalue weighted by atomic mass is 16.5. The molecule has 1 aromatic rings. The Morgan fingerprint density at radius 1 is 1.62 bits per heavy atom. The van der Waals surface area contributed by atoms with E-state index in [1.165, 1.54) is 6.42 Å². The average molecular weight is 182 g/mol. The number of aliphatic hydroxyl groups excluding tert-OH is 1. The molecule has 4 heteroatoms. The molecule has 1 unspecified atom stereocenters. The third-order valence-corrected chi connectivity index (χ3v) is 2.60. The molecule has 0 spiro atoms. The summed E-state index contributed by atoms with van der Waals surface area (Å²) < 4.78 is 5.07. The van der Waals surface area contributed by atoms with E-state index in [1.54, 1.807) is 0 Å². The van der Waals surface area contributed by atoms with Crippen LogP contribution < -0.4 is 0 Å². The van der Waals surface area contributed by atoms with Crippen molar-refractivity contribution in [2.24, 2.45) is 0 Å². The van der Waals surface area contributed by atoms with E-state index < -0.39 is 6.10 Å². The van der Waals surface area contributed by atoms with Crippen molar-refractivity contribution < 1.29 is 9.63 Å². The van der Waals surface area contributed by atoms with Gasteiger partial charge in [-0.2, -0.15) is 4.98 Å². The fraction of sp³-hybridized carbons (Fsp3) is 0.778. The van der Waals surface area contributed by atoms with Gasteiger partial charge in [0.15, 0.2) is 5.82 Å². The number of rotatable bonds is 3. The van der Waals surface area contributed by atoms with Crippen LogP contribution >= 0.6 is 0 Å². The van der Waals surface area contributed by atoms with Gasteiger partial charge in [0.1, 0.15) is 6.10 Å². The highest BCUT2D eigenvalue weighted by Gasteiger charge is 2.26. The Hall–Kier alpha value is -0.900. The summed E-state index contributed by atoms with van der Waals surface area (Å²) in [5, 5.41) is 13.2. The van der Waals surface area contributed by atoms with E-state index in [-0.39, 0.29) is 0 Å². The molecule has 0 aromatic carbocycles. The standard InChI is InChI=1S/C9H14N2O2/c1-2-7(12)8-10-9(13-11-8)6-4-3-5-6/h6-7,12H,2-5H2,1H3. The molecule has 0 amide bonds. The van der Waals surface area contributed by atoms with Crippen LogP contribution in [0.3, 0.4) is 0 Å². The van der Waals surface area contributed by atoms with Gasteiger partial charge < -0.3 is 9.63 Å². The molecule has 1 fully saturated rings. The summed E-state index contributed by atoms with van der Waals surface area (Å²) in [5.74, 6) is 1.59. The van der Waals surface area contributed by atoms with Crippen LogP contribution in [0.1, 0.15) is 56.3 Å². The average Bonchev–Trinajstić information content (AvgIpc) is 2.49. The molecule has 1 aliphatic carbocycles. The first kappa shape index (κ1) is 8.69. The van der Waals surface area contributed by atoms with E-state index in [1.807, 2.05) is 6.92 Å². The molecule has 1 aromatic heterocycles. The normalized spacial score (nSPS) is 19.8. The van der Waals surface area contributed by atoms with E-state index in [9.17, 15) is 5.11 Å². The molecule has 0 saturated heterocycles. The Kier molecular flexibility index (Phi) is 2.31. The predicted molar refractivity (Wildman–Crippen MR) is 46.1 cm³/mol. The lowest BCUT2D eigenvalue weighted by Gasteiger charge is -2.20. The van der Waals surface area contributed by atoms with Crippen LogP contribution in [0.25, 0.3) is 0 Å². The molecule has 1 aliphatic rings. The van der Waals surface area contributed by atoms with Crippen LogP contribution in [-0.4, -0.2) is 15.2 Å². The summed E-state index contributed by atoms with van der Waals surface area (Å²) in [4.78, 5) is 4.18. The number of hydrogen-bond acceptors (Lipinski definition) is 4. The van der Waals surface area contributed by atoms with Crippen molar-refractivity contribution in [1.82, 2.24) is 10.1 Å². The lowest BCUT2D eigenvalue weighted by molar-refractivity contribution is 0.159. The summed E-state index contributed by atoms with van der Waals surface area (Å²) in [6.45, 7) is 1.89. The topological polar surface area (TPSA) is 59.2 Å². The van der Waals surface area contributed by atoms with Gasteiger partial charge in [-0.15, -0.1) is 0 Å². The van der Waals surface area contributed by atoms with Crippen molar-refractivity contribution >= 4 is 0 Å². The number of aliphatic hydroxyl groups is 1. The van der Waals surface area contributed by atoms with Gasteiger partial charge >= 0.3 is 0 Å². The largest absolute Gasteiger partial charge is 0.385 e. The molecular formula is C9H14N2O2. The Morgan fingerprint density at radius 3 is 2.92 bits per heavy atom. The van der Waals surface area contributed by atoms with E-state index in [2.05, 4.69) is 10.1 Å². The number of nitrogens with zero attached hydrogens (tertiary/aromatic N) is 2. The zero-order chi connectivity index (χ0) is 9.26. The molecule has 0 bridgehead atoms.